The van der Waals surface area contributed by atoms with Crippen LogP contribution in [0.4, 0.5) is 0 Å². The largest absolute Gasteiger partial charge is 0.355 e. The second-order valence-electron chi connectivity index (χ2n) is 6.04. The first-order valence-corrected chi connectivity index (χ1v) is 9.69. The molecule has 2 rings (SSSR count). The first-order chi connectivity index (χ1) is 11.2. The van der Waals surface area contributed by atoms with Gasteiger partial charge in [0.2, 0.25) is 0 Å². The van der Waals surface area contributed by atoms with Gasteiger partial charge in [-0.2, -0.15) is 0 Å². The maximum atomic E-state index is 4.41. The predicted molar refractivity (Wildman–Crippen MR) is 101 cm³/mol. The Labute approximate surface area is 145 Å². The highest BCUT2D eigenvalue weighted by molar-refractivity contribution is 7.98. The molecule has 128 valence electrons. The number of thioether (sulfide) groups is 1. The fourth-order valence-electron chi connectivity index (χ4n) is 2.81. The second-order valence-corrected chi connectivity index (χ2v) is 6.92. The molecular formula is C18H30N4S. The van der Waals surface area contributed by atoms with Gasteiger partial charge in [0.15, 0.2) is 5.96 Å². The Hall–Kier alpha value is -1.20. The fraction of sp³-hybridized carbons (Fsp3) is 0.611. The van der Waals surface area contributed by atoms with E-state index in [0.29, 0.717) is 0 Å². The first-order valence-electron chi connectivity index (χ1n) is 8.46. The number of benzene rings is 1. The molecule has 1 aromatic rings. The van der Waals surface area contributed by atoms with Crippen LogP contribution >= 0.6 is 11.8 Å². The summed E-state index contributed by atoms with van der Waals surface area (Å²) in [5, 5.41) is 3.49. The van der Waals surface area contributed by atoms with Crippen molar-refractivity contribution in [2.24, 2.45) is 4.99 Å². The lowest BCUT2D eigenvalue weighted by atomic mass is 10.2. The highest BCUT2D eigenvalue weighted by Gasteiger charge is 2.27. The van der Waals surface area contributed by atoms with Crippen molar-refractivity contribution in [3.05, 3.63) is 29.8 Å². The summed E-state index contributed by atoms with van der Waals surface area (Å²) in [6.45, 7) is 6.30. The Morgan fingerprint density at radius 3 is 2.52 bits per heavy atom. The average Bonchev–Trinajstić information content (AvgIpc) is 3.40. The minimum absolute atomic E-state index is 0.830. The van der Waals surface area contributed by atoms with Crippen LogP contribution in [0.5, 0.6) is 0 Å². The standard InChI is InChI=1S/C18H30N4S/c1-5-22(16-8-9-16)13-12-20-18(19-2)21(3)14-15-6-10-17(23-4)11-7-15/h6-7,10-11,16H,5,8-9,12-14H2,1-4H3,(H,19,20). The molecule has 5 heteroatoms. The number of aliphatic imine (C=N–C) groups is 1. The van der Waals surface area contributed by atoms with Gasteiger partial charge < -0.3 is 10.2 Å². The Balaban J connectivity index is 1.79. The Morgan fingerprint density at radius 2 is 2.00 bits per heavy atom. The third kappa shape index (κ3) is 5.74. The maximum absolute atomic E-state index is 4.41. The quantitative estimate of drug-likeness (QED) is 0.450. The molecule has 4 nitrogen and oxygen atoms in total. The minimum Gasteiger partial charge on any atom is -0.355 e. The van der Waals surface area contributed by atoms with Crippen molar-refractivity contribution in [3.8, 4) is 0 Å². The molecule has 0 bridgehead atoms. The van der Waals surface area contributed by atoms with Crippen molar-refractivity contribution >= 4 is 17.7 Å². The summed E-state index contributed by atoms with van der Waals surface area (Å²) in [5.74, 6) is 0.964. The molecule has 1 N–H and O–H groups in total. The number of guanidine groups is 1. The molecule has 0 unspecified atom stereocenters. The van der Waals surface area contributed by atoms with Gasteiger partial charge in [-0.15, -0.1) is 11.8 Å². The molecule has 0 aromatic heterocycles. The lowest BCUT2D eigenvalue weighted by molar-refractivity contribution is 0.280. The molecule has 1 aliphatic rings. The van der Waals surface area contributed by atoms with E-state index in [1.54, 1.807) is 11.8 Å². The highest BCUT2D eigenvalue weighted by atomic mass is 32.2. The van der Waals surface area contributed by atoms with Gasteiger partial charge in [0.25, 0.3) is 0 Å². The molecule has 0 atom stereocenters. The van der Waals surface area contributed by atoms with Crippen LogP contribution in [0.3, 0.4) is 0 Å². The van der Waals surface area contributed by atoms with Crippen LogP contribution in [0, 0.1) is 0 Å². The number of hydrogen-bond acceptors (Lipinski definition) is 3. The maximum Gasteiger partial charge on any atom is 0.193 e. The zero-order valence-corrected chi connectivity index (χ0v) is 15.7. The van der Waals surface area contributed by atoms with Crippen LogP contribution in [-0.2, 0) is 6.54 Å². The van der Waals surface area contributed by atoms with Gasteiger partial charge in [0.05, 0.1) is 0 Å². The number of nitrogens with one attached hydrogen (secondary N) is 1. The van der Waals surface area contributed by atoms with Crippen LogP contribution in [0.25, 0.3) is 0 Å². The monoisotopic (exact) mass is 334 g/mol. The van der Waals surface area contributed by atoms with Crippen LogP contribution in [0.15, 0.2) is 34.2 Å². The lowest BCUT2D eigenvalue weighted by Gasteiger charge is -2.24. The third-order valence-corrected chi connectivity index (χ3v) is 5.05. The van der Waals surface area contributed by atoms with Crippen molar-refractivity contribution in [2.75, 3.05) is 40.0 Å². The van der Waals surface area contributed by atoms with E-state index in [2.05, 4.69) is 64.6 Å². The van der Waals surface area contributed by atoms with Crippen LogP contribution in [0.2, 0.25) is 0 Å². The molecule has 0 spiro atoms. The van der Waals surface area contributed by atoms with Crippen molar-refractivity contribution in [1.82, 2.24) is 15.1 Å². The van der Waals surface area contributed by atoms with E-state index in [4.69, 9.17) is 0 Å². The van der Waals surface area contributed by atoms with Crippen LogP contribution < -0.4 is 5.32 Å². The van der Waals surface area contributed by atoms with E-state index in [9.17, 15) is 0 Å². The number of hydrogen-bond donors (Lipinski definition) is 1. The van der Waals surface area contributed by atoms with Crippen molar-refractivity contribution < 1.29 is 0 Å². The predicted octanol–water partition coefficient (Wildman–Crippen LogP) is 2.90. The summed E-state index contributed by atoms with van der Waals surface area (Å²) in [6, 6.07) is 9.58. The number of nitrogens with zero attached hydrogens (tertiary/aromatic N) is 3. The summed E-state index contributed by atoms with van der Waals surface area (Å²) in [4.78, 5) is 10.5. The highest BCUT2D eigenvalue weighted by Crippen LogP contribution is 2.25. The Bertz CT molecular complexity index is 496. The summed E-state index contributed by atoms with van der Waals surface area (Å²) < 4.78 is 0. The lowest BCUT2D eigenvalue weighted by Crippen LogP contribution is -2.42. The average molecular weight is 335 g/mol. The fourth-order valence-corrected chi connectivity index (χ4v) is 3.22. The second kappa shape index (κ2) is 9.18. The van der Waals surface area contributed by atoms with E-state index in [-0.39, 0.29) is 0 Å². The first kappa shape index (κ1) is 18.1. The molecular weight excluding hydrogens is 304 g/mol. The zero-order chi connectivity index (χ0) is 16.7. The van der Waals surface area contributed by atoms with E-state index in [1.807, 2.05) is 7.05 Å². The van der Waals surface area contributed by atoms with Gasteiger partial charge in [-0.25, -0.2) is 0 Å². The van der Waals surface area contributed by atoms with Crippen LogP contribution in [0.1, 0.15) is 25.3 Å². The molecule has 0 aliphatic heterocycles. The van der Waals surface area contributed by atoms with Crippen molar-refractivity contribution in [2.45, 2.75) is 37.2 Å². The molecule has 1 aromatic carbocycles. The molecule has 0 heterocycles. The van der Waals surface area contributed by atoms with Gasteiger partial charge in [0, 0.05) is 44.7 Å². The zero-order valence-electron chi connectivity index (χ0n) is 14.9. The molecule has 0 amide bonds. The molecule has 23 heavy (non-hydrogen) atoms. The normalized spacial score (nSPS) is 15.1. The van der Waals surface area contributed by atoms with Crippen molar-refractivity contribution in [1.29, 1.82) is 0 Å². The van der Waals surface area contributed by atoms with Gasteiger partial charge in [0.1, 0.15) is 0 Å². The Morgan fingerprint density at radius 1 is 1.30 bits per heavy atom. The topological polar surface area (TPSA) is 30.9 Å². The summed E-state index contributed by atoms with van der Waals surface area (Å²) in [7, 11) is 3.95. The van der Waals surface area contributed by atoms with E-state index in [0.717, 1.165) is 38.2 Å². The van der Waals surface area contributed by atoms with E-state index < -0.39 is 0 Å². The SMILES string of the molecule is CCN(CCNC(=NC)N(C)Cc1ccc(SC)cc1)C1CC1. The summed E-state index contributed by atoms with van der Waals surface area (Å²) in [5.41, 5.74) is 1.31. The van der Waals surface area contributed by atoms with E-state index >= 15 is 0 Å². The summed E-state index contributed by atoms with van der Waals surface area (Å²) >= 11 is 1.78. The van der Waals surface area contributed by atoms with Gasteiger partial charge in [-0.1, -0.05) is 19.1 Å². The molecule has 1 fully saturated rings. The summed E-state index contributed by atoms with van der Waals surface area (Å²) in [6.07, 6.45) is 4.84. The smallest absolute Gasteiger partial charge is 0.193 e. The van der Waals surface area contributed by atoms with Gasteiger partial charge >= 0.3 is 0 Å². The minimum atomic E-state index is 0.830. The van der Waals surface area contributed by atoms with Crippen molar-refractivity contribution in [3.63, 3.8) is 0 Å². The number of rotatable bonds is 8. The molecule has 0 saturated heterocycles. The Kier molecular flexibility index (Phi) is 7.24. The van der Waals surface area contributed by atoms with Gasteiger partial charge in [-0.3, -0.25) is 9.89 Å². The molecule has 1 aliphatic carbocycles. The van der Waals surface area contributed by atoms with Crippen LogP contribution in [-0.4, -0.2) is 61.8 Å². The number of likely N-dealkylation sites (N-methyl/N-ethyl adjacent to an activating group) is 1. The third-order valence-electron chi connectivity index (χ3n) is 4.30. The van der Waals surface area contributed by atoms with E-state index in [1.165, 1.54) is 23.3 Å². The molecule has 0 radical (unpaired) electrons. The van der Waals surface area contributed by atoms with Gasteiger partial charge in [-0.05, 0) is 43.3 Å². The molecule has 1 saturated carbocycles.